The number of hydrogen-bond donors (Lipinski definition) is 0. The average molecular weight is 200 g/mol. The minimum atomic E-state index is 1.03. The zero-order chi connectivity index (χ0) is 9.64. The molecule has 2 rings (SSSR count). The summed E-state index contributed by atoms with van der Waals surface area (Å²) in [6.07, 6.45) is 9.43. The average Bonchev–Trinajstić information content (AvgIpc) is 2.48. The summed E-state index contributed by atoms with van der Waals surface area (Å²) >= 11 is 1.80. The van der Waals surface area contributed by atoms with Crippen molar-refractivity contribution in [2.24, 2.45) is 0 Å². The third-order valence-corrected chi connectivity index (χ3v) is 2.90. The Kier molecular flexibility index (Phi) is 3.25. The van der Waals surface area contributed by atoms with Gasteiger partial charge < -0.3 is 0 Å². The molecular weight excluding hydrogens is 188 g/mol. The smallest absolute Gasteiger partial charge is 0.00377 e. The fourth-order valence-corrected chi connectivity index (χ4v) is 2.09. The summed E-state index contributed by atoms with van der Waals surface area (Å²) in [4.78, 5) is 1.39. The van der Waals surface area contributed by atoms with Gasteiger partial charge in [0.1, 0.15) is 0 Å². The van der Waals surface area contributed by atoms with Gasteiger partial charge in [0.05, 0.1) is 0 Å². The van der Waals surface area contributed by atoms with E-state index in [2.05, 4.69) is 60.0 Å². The molecule has 0 saturated heterocycles. The van der Waals surface area contributed by atoms with Crippen LogP contribution in [0.15, 0.2) is 64.9 Å². The van der Waals surface area contributed by atoms with Crippen molar-refractivity contribution in [3.63, 3.8) is 0 Å². The molecule has 1 aromatic carbocycles. The highest BCUT2D eigenvalue weighted by molar-refractivity contribution is 8.05. The summed E-state index contributed by atoms with van der Waals surface area (Å²) in [5.74, 6) is 0. The fraction of sp³-hybridized carbons (Fsp3) is 0.0769. The summed E-state index contributed by atoms with van der Waals surface area (Å²) in [6, 6.07) is 10.6. The van der Waals surface area contributed by atoms with Crippen molar-refractivity contribution >= 4 is 11.8 Å². The lowest BCUT2D eigenvalue weighted by Gasteiger charge is -2.02. The van der Waals surface area contributed by atoms with E-state index >= 15 is 0 Å². The molecule has 14 heavy (non-hydrogen) atoms. The molecule has 0 spiro atoms. The van der Waals surface area contributed by atoms with Crippen LogP contribution in [-0.2, 0) is 6.42 Å². The van der Waals surface area contributed by atoms with Gasteiger partial charge in [-0.2, -0.15) is 0 Å². The summed E-state index contributed by atoms with van der Waals surface area (Å²) in [7, 11) is 0. The van der Waals surface area contributed by atoms with Gasteiger partial charge in [0.2, 0.25) is 0 Å². The molecule has 0 aliphatic carbocycles. The maximum absolute atomic E-state index is 2.18. The lowest BCUT2D eigenvalue weighted by molar-refractivity contribution is 1.25. The van der Waals surface area contributed by atoms with E-state index in [4.69, 9.17) is 0 Å². The van der Waals surface area contributed by atoms with E-state index in [9.17, 15) is 0 Å². The lowest BCUT2D eigenvalue weighted by Crippen LogP contribution is -1.84. The Bertz CT molecular complexity index is 371. The number of benzene rings is 1. The van der Waals surface area contributed by atoms with E-state index < -0.39 is 0 Å². The largest absolute Gasteiger partial charge is 0.102 e. The Morgan fingerprint density at radius 2 is 1.79 bits per heavy atom. The van der Waals surface area contributed by atoms with Crippen LogP contribution in [0.2, 0.25) is 0 Å². The Morgan fingerprint density at radius 3 is 2.64 bits per heavy atom. The number of allylic oxidation sites excluding steroid dienone is 5. The second-order valence-electron chi connectivity index (χ2n) is 3.13. The second kappa shape index (κ2) is 4.87. The van der Waals surface area contributed by atoms with E-state index in [1.165, 1.54) is 10.5 Å². The van der Waals surface area contributed by atoms with Gasteiger partial charge in [-0.1, -0.05) is 54.6 Å². The second-order valence-corrected chi connectivity index (χ2v) is 4.16. The van der Waals surface area contributed by atoms with Crippen LogP contribution in [0.1, 0.15) is 5.56 Å². The highest BCUT2D eigenvalue weighted by Crippen LogP contribution is 2.23. The Morgan fingerprint density at radius 1 is 0.929 bits per heavy atom. The number of rotatable bonds is 2. The van der Waals surface area contributed by atoms with E-state index in [0.29, 0.717) is 0 Å². The zero-order valence-electron chi connectivity index (χ0n) is 7.89. The molecule has 0 amide bonds. The molecule has 70 valence electrons. The van der Waals surface area contributed by atoms with Crippen molar-refractivity contribution in [3.8, 4) is 0 Å². The van der Waals surface area contributed by atoms with E-state index in [1.54, 1.807) is 11.8 Å². The normalized spacial score (nSPS) is 15.0. The van der Waals surface area contributed by atoms with Crippen LogP contribution in [0.4, 0.5) is 0 Å². The van der Waals surface area contributed by atoms with Crippen LogP contribution < -0.4 is 0 Å². The first kappa shape index (κ1) is 9.35. The summed E-state index contributed by atoms with van der Waals surface area (Å²) in [5, 5.41) is 2.12. The summed E-state index contributed by atoms with van der Waals surface area (Å²) < 4.78 is 0. The number of hydrogen-bond acceptors (Lipinski definition) is 1. The van der Waals surface area contributed by atoms with Gasteiger partial charge in [0.25, 0.3) is 0 Å². The van der Waals surface area contributed by atoms with Crippen molar-refractivity contribution in [2.45, 2.75) is 6.42 Å². The minimum absolute atomic E-state index is 1.03. The van der Waals surface area contributed by atoms with Crippen LogP contribution in [-0.4, -0.2) is 0 Å². The summed E-state index contributed by atoms with van der Waals surface area (Å²) in [5.41, 5.74) is 1.37. The quantitative estimate of drug-likeness (QED) is 0.697. The Hall–Kier alpha value is -1.21. The molecule has 0 atom stereocenters. The summed E-state index contributed by atoms with van der Waals surface area (Å²) in [6.45, 7) is 0. The van der Waals surface area contributed by atoms with E-state index in [-0.39, 0.29) is 0 Å². The lowest BCUT2D eigenvalue weighted by atomic mass is 10.1. The number of thioether (sulfide) groups is 1. The SMILES string of the molecule is C1=CC=C(Cc2ccccc2)SC=C1. The Labute approximate surface area is 89.0 Å². The molecule has 1 heteroatoms. The molecule has 0 bridgehead atoms. The molecule has 1 heterocycles. The molecule has 0 radical (unpaired) electrons. The van der Waals surface area contributed by atoms with Crippen molar-refractivity contribution in [1.82, 2.24) is 0 Å². The highest BCUT2D eigenvalue weighted by Gasteiger charge is 1.98. The van der Waals surface area contributed by atoms with Crippen LogP contribution >= 0.6 is 11.8 Å². The molecule has 0 nitrogen and oxygen atoms in total. The fourth-order valence-electron chi connectivity index (χ4n) is 1.34. The molecule has 1 aliphatic rings. The molecule has 0 N–H and O–H groups in total. The topological polar surface area (TPSA) is 0 Å². The van der Waals surface area contributed by atoms with Crippen molar-refractivity contribution < 1.29 is 0 Å². The zero-order valence-corrected chi connectivity index (χ0v) is 8.71. The van der Waals surface area contributed by atoms with Gasteiger partial charge >= 0.3 is 0 Å². The first-order chi connectivity index (χ1) is 6.95. The van der Waals surface area contributed by atoms with Crippen molar-refractivity contribution in [2.75, 3.05) is 0 Å². The van der Waals surface area contributed by atoms with Crippen LogP contribution in [0.3, 0.4) is 0 Å². The third-order valence-electron chi connectivity index (χ3n) is 2.02. The first-order valence-corrected chi connectivity index (χ1v) is 5.56. The predicted octanol–water partition coefficient (Wildman–Crippen LogP) is 3.93. The molecular formula is C13H12S. The monoisotopic (exact) mass is 200 g/mol. The van der Waals surface area contributed by atoms with Gasteiger partial charge in [0, 0.05) is 6.42 Å². The Balaban J connectivity index is 2.08. The molecule has 0 fully saturated rings. The van der Waals surface area contributed by atoms with Crippen LogP contribution in [0, 0.1) is 0 Å². The van der Waals surface area contributed by atoms with Gasteiger partial charge in [0.15, 0.2) is 0 Å². The molecule has 0 unspecified atom stereocenters. The van der Waals surface area contributed by atoms with E-state index in [0.717, 1.165) is 6.42 Å². The van der Waals surface area contributed by atoms with Gasteiger partial charge in [-0.3, -0.25) is 0 Å². The van der Waals surface area contributed by atoms with Crippen molar-refractivity contribution in [3.05, 3.63) is 70.5 Å². The highest BCUT2D eigenvalue weighted by atomic mass is 32.2. The first-order valence-electron chi connectivity index (χ1n) is 4.68. The van der Waals surface area contributed by atoms with Crippen LogP contribution in [0.5, 0.6) is 0 Å². The minimum Gasteiger partial charge on any atom is -0.102 e. The standard InChI is InChI=1S/C13H12S/c1-3-7-12(8-4-1)11-13-9-5-2-6-10-14-13/h1-10H,11H2. The molecule has 0 aromatic heterocycles. The molecule has 1 aromatic rings. The molecule has 1 aliphatic heterocycles. The predicted molar refractivity (Wildman–Crippen MR) is 64.1 cm³/mol. The van der Waals surface area contributed by atoms with Crippen LogP contribution in [0.25, 0.3) is 0 Å². The maximum Gasteiger partial charge on any atom is 0.00377 e. The van der Waals surface area contributed by atoms with Gasteiger partial charge in [-0.25, -0.2) is 0 Å². The molecule has 0 saturated carbocycles. The van der Waals surface area contributed by atoms with Gasteiger partial charge in [-0.15, -0.1) is 11.8 Å². The van der Waals surface area contributed by atoms with E-state index in [1.807, 2.05) is 0 Å². The maximum atomic E-state index is 2.18. The van der Waals surface area contributed by atoms with Gasteiger partial charge in [-0.05, 0) is 15.9 Å². The van der Waals surface area contributed by atoms with Crippen molar-refractivity contribution in [1.29, 1.82) is 0 Å². The third kappa shape index (κ3) is 2.64.